The van der Waals surface area contributed by atoms with E-state index in [9.17, 15) is 19.2 Å². The van der Waals surface area contributed by atoms with Crippen molar-refractivity contribution in [3.63, 3.8) is 0 Å². The van der Waals surface area contributed by atoms with Gasteiger partial charge in [-0.1, -0.05) is 19.7 Å². The Labute approximate surface area is 174 Å². The molecule has 0 aromatic carbocycles. The summed E-state index contributed by atoms with van der Waals surface area (Å²) in [7, 11) is -2.69. The molecule has 0 radical (unpaired) electrons. The number of ether oxygens (including phenoxy) is 3. The summed E-state index contributed by atoms with van der Waals surface area (Å²) in [6.07, 6.45) is 1.58. The molecule has 0 heterocycles. The molecule has 0 atom stereocenters. The summed E-state index contributed by atoms with van der Waals surface area (Å²) in [6.45, 7) is 15.9. The van der Waals surface area contributed by atoms with Crippen LogP contribution in [0.5, 0.6) is 0 Å². The third-order valence-corrected chi connectivity index (χ3v) is 7.96. The first-order valence-electron chi connectivity index (χ1n) is 9.69. The van der Waals surface area contributed by atoms with E-state index in [1.165, 1.54) is 0 Å². The lowest BCUT2D eigenvalue weighted by Crippen LogP contribution is -2.35. The van der Waals surface area contributed by atoms with E-state index in [2.05, 4.69) is 19.7 Å². The van der Waals surface area contributed by atoms with Crippen molar-refractivity contribution in [1.82, 2.24) is 0 Å². The summed E-state index contributed by atoms with van der Waals surface area (Å²) in [6, 6.07) is 1.58. The Hall–Kier alpha value is -2.19. The number of rotatable bonds is 15. The fourth-order valence-electron chi connectivity index (χ4n) is 2.44. The van der Waals surface area contributed by atoms with Crippen molar-refractivity contribution >= 4 is 26.2 Å². The highest BCUT2D eigenvalue weighted by Crippen LogP contribution is 2.24. The minimum Gasteiger partial charge on any atom is -0.462 e. The number of carbonyl (C=O) groups excluding carboxylic acids is 3. The number of hydrogen-bond donors (Lipinski definition) is 1. The Kier molecular flexibility index (Phi) is 12.8. The second-order valence-electron chi connectivity index (χ2n) is 7.28. The van der Waals surface area contributed by atoms with Crippen molar-refractivity contribution in [2.75, 3.05) is 19.8 Å². The topological polar surface area (TPSA) is 99.1 Å². The van der Waals surface area contributed by atoms with Crippen LogP contribution < -0.4 is 0 Å². The molecule has 0 bridgehead atoms. The highest BCUT2D eigenvalue weighted by atomic mass is 28.4. The van der Waals surface area contributed by atoms with Gasteiger partial charge in [-0.15, -0.1) is 0 Å². The molecule has 1 N–H and O–H groups in total. The van der Waals surface area contributed by atoms with Gasteiger partial charge in [-0.3, -0.25) is 0 Å². The predicted octanol–water partition coefficient (Wildman–Crippen LogP) is 3.45. The predicted molar refractivity (Wildman–Crippen MR) is 114 cm³/mol. The number of hydrogen-bond acceptors (Lipinski definition) is 7. The fraction of sp³-hybridized carbons (Fsp3) is 0.571. The van der Waals surface area contributed by atoms with Crippen LogP contribution in [-0.2, 0) is 28.6 Å². The quantitative estimate of drug-likeness (QED) is 0.141. The Morgan fingerprint density at radius 3 is 1.10 bits per heavy atom. The van der Waals surface area contributed by atoms with Gasteiger partial charge in [0, 0.05) is 16.7 Å². The molecule has 0 rings (SSSR count). The normalized spacial score (nSPS) is 10.8. The van der Waals surface area contributed by atoms with Crippen molar-refractivity contribution in [2.45, 2.75) is 58.2 Å². The maximum Gasteiger partial charge on any atom is 0.333 e. The molecule has 8 heteroatoms. The second kappa shape index (κ2) is 13.9. The van der Waals surface area contributed by atoms with Crippen LogP contribution in [0, 0.1) is 0 Å². The minimum absolute atomic E-state index is 0.205. The van der Waals surface area contributed by atoms with Crippen molar-refractivity contribution in [3.8, 4) is 0 Å². The third kappa shape index (κ3) is 12.8. The minimum atomic E-state index is -2.69. The van der Waals surface area contributed by atoms with Gasteiger partial charge in [0.25, 0.3) is 0 Å². The Morgan fingerprint density at radius 2 is 0.897 bits per heavy atom. The molecule has 0 aliphatic rings. The molecular weight excluding hydrogens is 392 g/mol. The molecule has 0 aliphatic heterocycles. The maximum atomic E-state index is 11.4. The van der Waals surface area contributed by atoms with Crippen LogP contribution >= 0.6 is 0 Å². The lowest BCUT2D eigenvalue weighted by molar-refractivity contribution is -0.139. The fourth-order valence-corrected chi connectivity index (χ4v) is 5.60. The molecule has 0 fully saturated rings. The average molecular weight is 427 g/mol. The van der Waals surface area contributed by atoms with Gasteiger partial charge in [0.15, 0.2) is 8.32 Å². The van der Waals surface area contributed by atoms with Gasteiger partial charge >= 0.3 is 17.9 Å². The molecule has 29 heavy (non-hydrogen) atoms. The summed E-state index contributed by atoms with van der Waals surface area (Å²) in [5.74, 6) is -1.35. The molecule has 0 amide bonds. The Bertz CT molecular complexity index is 541. The van der Waals surface area contributed by atoms with Gasteiger partial charge < -0.3 is 19.0 Å². The molecule has 0 unspecified atom stereocenters. The van der Waals surface area contributed by atoms with Crippen LogP contribution in [0.15, 0.2) is 36.5 Å². The monoisotopic (exact) mass is 426 g/mol. The standard InChI is InChI=1S/C21H34O7Si/c1-16(2)19(22)26-10-7-13-29(25,14-8-11-27-20(23)17(3)4)15-9-12-28-21(24)18(5)6/h25H,1,3,5,7-15H2,2,4,6H3. The lowest BCUT2D eigenvalue weighted by atomic mass is 10.4. The van der Waals surface area contributed by atoms with Crippen LogP contribution in [-0.4, -0.2) is 50.8 Å². The molecule has 164 valence electrons. The number of esters is 3. The van der Waals surface area contributed by atoms with E-state index in [1.807, 2.05) is 0 Å². The summed E-state index contributed by atoms with van der Waals surface area (Å²) >= 11 is 0. The van der Waals surface area contributed by atoms with Gasteiger partial charge in [0.05, 0.1) is 19.8 Å². The van der Waals surface area contributed by atoms with Crippen molar-refractivity contribution in [1.29, 1.82) is 0 Å². The average Bonchev–Trinajstić information content (AvgIpc) is 2.65. The van der Waals surface area contributed by atoms with Crippen LogP contribution in [0.1, 0.15) is 40.0 Å². The van der Waals surface area contributed by atoms with Gasteiger partial charge in [-0.25, -0.2) is 14.4 Å². The zero-order valence-electron chi connectivity index (χ0n) is 17.9. The lowest BCUT2D eigenvalue weighted by Gasteiger charge is -2.25. The van der Waals surface area contributed by atoms with E-state index in [0.717, 1.165) is 0 Å². The smallest absolute Gasteiger partial charge is 0.333 e. The molecule has 0 spiro atoms. The van der Waals surface area contributed by atoms with E-state index < -0.39 is 26.2 Å². The van der Waals surface area contributed by atoms with Crippen molar-refractivity contribution < 1.29 is 33.4 Å². The van der Waals surface area contributed by atoms with E-state index in [4.69, 9.17) is 14.2 Å². The van der Waals surface area contributed by atoms with Gasteiger partial charge in [0.1, 0.15) is 0 Å². The van der Waals surface area contributed by atoms with Gasteiger partial charge in [0.2, 0.25) is 0 Å². The summed E-state index contributed by atoms with van der Waals surface area (Å²) in [5.41, 5.74) is 0.989. The Balaban J connectivity index is 4.54. The summed E-state index contributed by atoms with van der Waals surface area (Å²) < 4.78 is 15.2. The van der Waals surface area contributed by atoms with Crippen LogP contribution in [0.25, 0.3) is 0 Å². The summed E-state index contributed by atoms with van der Waals surface area (Å²) in [5, 5.41) is 0. The van der Waals surface area contributed by atoms with Gasteiger partial charge in [-0.2, -0.15) is 0 Å². The SMILES string of the molecule is C=C(C)C(=O)OCCC[Si](O)(CCCOC(=O)C(=C)C)CCCOC(=O)C(=C)C. The highest BCUT2D eigenvalue weighted by molar-refractivity contribution is 6.72. The van der Waals surface area contributed by atoms with Gasteiger partial charge in [-0.05, 0) is 58.2 Å². The van der Waals surface area contributed by atoms with Crippen LogP contribution in [0.2, 0.25) is 18.1 Å². The molecule has 7 nitrogen and oxygen atoms in total. The van der Waals surface area contributed by atoms with E-state index in [0.29, 0.717) is 54.1 Å². The molecular formula is C21H34O7Si. The first-order valence-corrected chi connectivity index (χ1v) is 12.3. The largest absolute Gasteiger partial charge is 0.462 e. The van der Waals surface area contributed by atoms with E-state index in [-0.39, 0.29) is 19.8 Å². The molecule has 0 saturated carbocycles. The third-order valence-electron chi connectivity index (χ3n) is 4.10. The van der Waals surface area contributed by atoms with Crippen molar-refractivity contribution in [3.05, 3.63) is 36.5 Å². The van der Waals surface area contributed by atoms with E-state index in [1.54, 1.807) is 20.8 Å². The zero-order chi connectivity index (χ0) is 22.4. The second-order valence-corrected chi connectivity index (χ2v) is 11.2. The number of carbonyl (C=O) groups is 3. The molecule has 0 aliphatic carbocycles. The molecule has 0 aromatic rings. The molecule has 0 aromatic heterocycles. The van der Waals surface area contributed by atoms with Crippen molar-refractivity contribution in [2.24, 2.45) is 0 Å². The highest BCUT2D eigenvalue weighted by Gasteiger charge is 2.30. The molecule has 0 saturated heterocycles. The Morgan fingerprint density at radius 1 is 0.655 bits per heavy atom. The van der Waals surface area contributed by atoms with E-state index >= 15 is 0 Å². The maximum absolute atomic E-state index is 11.4. The first-order chi connectivity index (χ1) is 13.5. The zero-order valence-corrected chi connectivity index (χ0v) is 18.9. The summed E-state index contributed by atoms with van der Waals surface area (Å²) in [4.78, 5) is 45.4. The first kappa shape index (κ1) is 26.8. The van der Waals surface area contributed by atoms with Crippen LogP contribution in [0.3, 0.4) is 0 Å². The van der Waals surface area contributed by atoms with Crippen LogP contribution in [0.4, 0.5) is 0 Å².